The fraction of sp³-hybridized carbons (Fsp3) is 0.143. The van der Waals surface area contributed by atoms with Gasteiger partial charge in [-0.1, -0.05) is 23.2 Å². The normalized spacial score (nSPS) is 10.7. The molecular formula is C14H10Cl2N6O. The molecule has 2 aromatic heterocycles. The van der Waals surface area contributed by atoms with Gasteiger partial charge in [0.05, 0.1) is 10.0 Å². The molecule has 1 aromatic carbocycles. The molecule has 7 nitrogen and oxygen atoms in total. The smallest absolute Gasteiger partial charge is 0.278 e. The second kappa shape index (κ2) is 5.57. The predicted molar refractivity (Wildman–Crippen MR) is 88.4 cm³/mol. The van der Waals surface area contributed by atoms with Crippen LogP contribution in [0.2, 0.25) is 10.0 Å². The van der Waals surface area contributed by atoms with Gasteiger partial charge in [0.25, 0.3) is 5.56 Å². The van der Waals surface area contributed by atoms with Crippen molar-refractivity contribution >= 4 is 45.9 Å². The third-order valence-electron chi connectivity index (χ3n) is 3.39. The van der Waals surface area contributed by atoms with Crippen LogP contribution in [0.3, 0.4) is 0 Å². The van der Waals surface area contributed by atoms with E-state index in [1.165, 1.54) is 4.68 Å². The number of nitriles is 1. The minimum absolute atomic E-state index is 0.0948. The van der Waals surface area contributed by atoms with Crippen LogP contribution in [0.25, 0.3) is 11.0 Å². The van der Waals surface area contributed by atoms with Gasteiger partial charge in [0.2, 0.25) is 5.95 Å². The zero-order valence-electron chi connectivity index (χ0n) is 12.1. The fourth-order valence-electron chi connectivity index (χ4n) is 2.22. The largest absolute Gasteiger partial charge is 0.315 e. The van der Waals surface area contributed by atoms with Crippen LogP contribution in [-0.2, 0) is 7.05 Å². The van der Waals surface area contributed by atoms with E-state index in [2.05, 4.69) is 15.1 Å². The summed E-state index contributed by atoms with van der Waals surface area (Å²) in [5.74, 6) is 0.269. The van der Waals surface area contributed by atoms with Crippen molar-refractivity contribution in [2.24, 2.45) is 7.05 Å². The molecule has 0 aliphatic carbocycles. The van der Waals surface area contributed by atoms with E-state index in [0.717, 1.165) is 0 Å². The Hall–Kier alpha value is -2.56. The summed E-state index contributed by atoms with van der Waals surface area (Å²) < 4.78 is 1.34. The number of hydrogen-bond donors (Lipinski definition) is 1. The van der Waals surface area contributed by atoms with Crippen molar-refractivity contribution in [3.8, 4) is 6.07 Å². The van der Waals surface area contributed by atoms with Crippen molar-refractivity contribution in [3.63, 3.8) is 0 Å². The van der Waals surface area contributed by atoms with Gasteiger partial charge < -0.3 is 4.90 Å². The van der Waals surface area contributed by atoms with Crippen LogP contribution >= 0.6 is 23.2 Å². The van der Waals surface area contributed by atoms with Crippen LogP contribution in [0.5, 0.6) is 0 Å². The van der Waals surface area contributed by atoms with Crippen molar-refractivity contribution in [1.29, 1.82) is 5.26 Å². The molecule has 0 atom stereocenters. The second-order valence-electron chi connectivity index (χ2n) is 4.83. The Balaban J connectivity index is 2.18. The summed E-state index contributed by atoms with van der Waals surface area (Å²) in [5, 5.41) is 13.9. The van der Waals surface area contributed by atoms with Crippen LogP contribution in [0, 0.1) is 11.3 Å². The summed E-state index contributed by atoms with van der Waals surface area (Å²) in [7, 11) is 3.30. The number of fused-ring (bicyclic) bond motifs is 1. The van der Waals surface area contributed by atoms with Crippen LogP contribution in [0.1, 0.15) is 5.69 Å². The summed E-state index contributed by atoms with van der Waals surface area (Å²) in [5.41, 5.74) is 0.892. The lowest BCUT2D eigenvalue weighted by atomic mass is 10.3. The van der Waals surface area contributed by atoms with E-state index in [4.69, 9.17) is 28.5 Å². The highest BCUT2D eigenvalue weighted by Gasteiger charge is 2.17. The molecule has 23 heavy (non-hydrogen) atoms. The average Bonchev–Trinajstić information content (AvgIpc) is 2.86. The molecule has 0 bridgehead atoms. The number of rotatable bonds is 2. The zero-order valence-corrected chi connectivity index (χ0v) is 13.6. The molecule has 0 fully saturated rings. The first-order valence-corrected chi connectivity index (χ1v) is 7.24. The number of benzene rings is 1. The quantitative estimate of drug-likeness (QED) is 0.768. The lowest BCUT2D eigenvalue weighted by molar-refractivity contribution is 0.786. The van der Waals surface area contributed by atoms with E-state index in [-0.39, 0.29) is 28.2 Å². The predicted octanol–water partition coefficient (Wildman–Crippen LogP) is 2.60. The first-order chi connectivity index (χ1) is 10.9. The molecule has 0 amide bonds. The number of nitrogens with one attached hydrogen (secondary N) is 1. The Labute approximate surface area is 140 Å². The number of nitrogens with zero attached hydrogens (tertiary/aromatic N) is 5. The molecule has 9 heteroatoms. The lowest BCUT2D eigenvalue weighted by Gasteiger charge is -2.18. The van der Waals surface area contributed by atoms with Gasteiger partial charge in [0.1, 0.15) is 11.6 Å². The maximum absolute atomic E-state index is 12.3. The van der Waals surface area contributed by atoms with Crippen molar-refractivity contribution < 1.29 is 0 Å². The number of aromatic amines is 1. The highest BCUT2D eigenvalue weighted by atomic mass is 35.5. The second-order valence-corrected chi connectivity index (χ2v) is 5.64. The maximum atomic E-state index is 12.3. The number of halogens is 2. The van der Waals surface area contributed by atoms with Gasteiger partial charge in [-0.25, -0.2) is 4.98 Å². The third-order valence-corrected chi connectivity index (χ3v) is 4.13. The third kappa shape index (κ3) is 2.52. The van der Waals surface area contributed by atoms with E-state index in [1.807, 2.05) is 6.07 Å². The molecule has 0 saturated heterocycles. The van der Waals surface area contributed by atoms with E-state index >= 15 is 0 Å². The minimum atomic E-state index is -0.381. The van der Waals surface area contributed by atoms with Crippen LogP contribution < -0.4 is 10.5 Å². The van der Waals surface area contributed by atoms with Gasteiger partial charge in [-0.3, -0.25) is 14.5 Å². The van der Waals surface area contributed by atoms with E-state index < -0.39 is 0 Å². The molecule has 116 valence electrons. The highest BCUT2D eigenvalue weighted by Crippen LogP contribution is 2.29. The molecule has 0 aliphatic rings. The highest BCUT2D eigenvalue weighted by molar-refractivity contribution is 6.42. The fourth-order valence-corrected chi connectivity index (χ4v) is 2.51. The monoisotopic (exact) mass is 348 g/mol. The number of H-pyrrole nitrogens is 1. The standard InChI is InChI=1S/C14H10Cl2N6O/c1-21(7-3-4-8(15)9(16)5-7)14-18-11-10(6-17)20-22(2)12(11)13(23)19-14/h3-5H,1-2H3,(H,18,19,23). The Bertz CT molecular complexity index is 1020. The number of aromatic nitrogens is 4. The minimum Gasteiger partial charge on any atom is -0.315 e. The zero-order chi connectivity index (χ0) is 16.7. The molecule has 0 saturated carbocycles. The van der Waals surface area contributed by atoms with Crippen molar-refractivity contribution in [2.75, 3.05) is 11.9 Å². The van der Waals surface area contributed by atoms with Crippen molar-refractivity contribution in [3.05, 3.63) is 44.3 Å². The van der Waals surface area contributed by atoms with E-state index in [0.29, 0.717) is 15.7 Å². The van der Waals surface area contributed by atoms with Gasteiger partial charge >= 0.3 is 0 Å². The molecule has 1 N–H and O–H groups in total. The summed E-state index contributed by atoms with van der Waals surface area (Å²) in [6.45, 7) is 0. The molecule has 3 aromatic rings. The van der Waals surface area contributed by atoms with Gasteiger partial charge in [-0.05, 0) is 18.2 Å². The molecule has 2 heterocycles. The Kier molecular flexibility index (Phi) is 3.72. The van der Waals surface area contributed by atoms with Gasteiger partial charge in [-0.2, -0.15) is 10.4 Å². The Morgan fingerprint density at radius 1 is 1.35 bits per heavy atom. The molecule has 3 rings (SSSR count). The van der Waals surface area contributed by atoms with Crippen molar-refractivity contribution in [1.82, 2.24) is 19.7 Å². The first-order valence-electron chi connectivity index (χ1n) is 6.48. The summed E-state index contributed by atoms with van der Waals surface area (Å²) in [4.78, 5) is 20.9. The average molecular weight is 349 g/mol. The number of aryl methyl sites for hydroxylation is 1. The van der Waals surface area contributed by atoms with Crippen LogP contribution in [-0.4, -0.2) is 26.8 Å². The van der Waals surface area contributed by atoms with E-state index in [1.54, 1.807) is 37.2 Å². The van der Waals surface area contributed by atoms with E-state index in [9.17, 15) is 4.79 Å². The SMILES string of the molecule is CN(c1ccc(Cl)c(Cl)c1)c1nc2c(C#N)nn(C)c2c(=O)[nH]1. The number of anilines is 2. The molecule has 0 spiro atoms. The van der Waals surface area contributed by atoms with Gasteiger partial charge in [0, 0.05) is 19.8 Å². The van der Waals surface area contributed by atoms with Crippen LogP contribution in [0.15, 0.2) is 23.0 Å². The molecular weight excluding hydrogens is 339 g/mol. The molecule has 0 radical (unpaired) electrons. The van der Waals surface area contributed by atoms with Gasteiger partial charge in [0.15, 0.2) is 11.2 Å². The first kappa shape index (κ1) is 15.3. The molecule has 0 unspecified atom stereocenters. The number of hydrogen-bond acceptors (Lipinski definition) is 5. The van der Waals surface area contributed by atoms with Crippen molar-refractivity contribution in [2.45, 2.75) is 0 Å². The van der Waals surface area contributed by atoms with Crippen LogP contribution in [0.4, 0.5) is 11.6 Å². The summed E-state index contributed by atoms with van der Waals surface area (Å²) >= 11 is 11.9. The summed E-state index contributed by atoms with van der Waals surface area (Å²) in [6.07, 6.45) is 0. The summed E-state index contributed by atoms with van der Waals surface area (Å²) in [6, 6.07) is 6.98. The Morgan fingerprint density at radius 2 is 2.09 bits per heavy atom. The topological polar surface area (TPSA) is 90.6 Å². The Morgan fingerprint density at radius 3 is 2.74 bits per heavy atom. The lowest BCUT2D eigenvalue weighted by Crippen LogP contribution is -2.19. The molecule has 0 aliphatic heterocycles. The van der Waals surface area contributed by atoms with Gasteiger partial charge in [-0.15, -0.1) is 0 Å². The maximum Gasteiger partial charge on any atom is 0.278 e.